The van der Waals surface area contributed by atoms with Crippen LogP contribution in [-0.4, -0.2) is 84.6 Å². The van der Waals surface area contributed by atoms with Crippen molar-refractivity contribution in [3.63, 3.8) is 0 Å². The van der Waals surface area contributed by atoms with Crippen LogP contribution in [0.4, 0.5) is 0 Å². The van der Waals surface area contributed by atoms with Gasteiger partial charge in [0.15, 0.2) is 34.6 Å². The van der Waals surface area contributed by atoms with Crippen LogP contribution >= 0.6 is 0 Å². The van der Waals surface area contributed by atoms with Crippen molar-refractivity contribution in [2.45, 2.75) is 20.3 Å². The van der Waals surface area contributed by atoms with Gasteiger partial charge in [-0.3, -0.25) is 19.2 Å². The van der Waals surface area contributed by atoms with Crippen molar-refractivity contribution in [1.29, 1.82) is 0 Å². The van der Waals surface area contributed by atoms with E-state index in [4.69, 9.17) is 18.9 Å². The number of aliphatic hydroxyl groups excluding tert-OH is 4. The number of esters is 2. The lowest BCUT2D eigenvalue weighted by molar-refractivity contribution is -0.151. The van der Waals surface area contributed by atoms with Gasteiger partial charge in [0, 0.05) is 0 Å². The largest absolute Gasteiger partial charge is 0.493 e. The molecule has 232 valence electrons. The smallest absolute Gasteiger partial charge is 0.322 e. The van der Waals surface area contributed by atoms with Crippen LogP contribution in [-0.2, 0) is 19.2 Å². The zero-order valence-electron chi connectivity index (χ0n) is 24.4. The number of ketones is 2. The van der Waals surface area contributed by atoms with E-state index in [9.17, 15) is 39.6 Å². The van der Waals surface area contributed by atoms with Crippen LogP contribution in [0.25, 0.3) is 12.2 Å². The minimum atomic E-state index is -1.49. The first-order valence-electron chi connectivity index (χ1n) is 13.0. The number of methoxy groups -OCH3 is 2. The summed E-state index contributed by atoms with van der Waals surface area (Å²) in [5, 5.41) is 37.5. The summed E-state index contributed by atoms with van der Waals surface area (Å²) in [4.78, 5) is 49.4. The standard InChI is InChI=1S/C31H36O12/c1-30(16-32,17-33)28(38)42-24-11-7-20(13-26(24)40-3)5-9-22(36)15-23(37)10-6-21-8-12-25(27(14-21)41-4)43-29(39)31(2,18-34)19-35/h5-14,32-35H,15-19H2,1-4H3/b9-5+,10-6+. The molecule has 0 aliphatic heterocycles. The number of benzene rings is 2. The number of hydrogen-bond acceptors (Lipinski definition) is 12. The zero-order chi connectivity index (χ0) is 32.2. The highest BCUT2D eigenvalue weighted by Gasteiger charge is 2.35. The molecule has 0 aliphatic rings. The average molecular weight is 601 g/mol. The van der Waals surface area contributed by atoms with Crippen molar-refractivity contribution in [2.24, 2.45) is 10.8 Å². The number of ether oxygens (including phenoxy) is 4. The monoisotopic (exact) mass is 600 g/mol. The topological polar surface area (TPSA) is 186 Å². The molecular weight excluding hydrogens is 564 g/mol. The second-order valence-corrected chi connectivity index (χ2v) is 10.1. The fourth-order valence-electron chi connectivity index (χ4n) is 3.22. The van der Waals surface area contributed by atoms with E-state index in [1.54, 1.807) is 12.1 Å². The van der Waals surface area contributed by atoms with Crippen LogP contribution in [0.1, 0.15) is 31.4 Å². The summed E-state index contributed by atoms with van der Waals surface area (Å²) in [7, 11) is 2.71. The predicted octanol–water partition coefficient (Wildman–Crippen LogP) is 1.75. The molecule has 12 heteroatoms. The summed E-state index contributed by atoms with van der Waals surface area (Å²) in [6.07, 6.45) is 4.96. The number of carbonyl (C=O) groups excluding carboxylic acids is 4. The van der Waals surface area contributed by atoms with Gasteiger partial charge in [-0.15, -0.1) is 0 Å². The van der Waals surface area contributed by atoms with Gasteiger partial charge in [0.25, 0.3) is 0 Å². The van der Waals surface area contributed by atoms with Gasteiger partial charge in [-0.1, -0.05) is 24.3 Å². The first kappa shape index (κ1) is 34.8. The van der Waals surface area contributed by atoms with Crippen LogP contribution in [0.5, 0.6) is 23.0 Å². The Balaban J connectivity index is 2.04. The number of hydrogen-bond donors (Lipinski definition) is 4. The molecule has 0 spiro atoms. The Kier molecular flexibility index (Phi) is 12.8. The van der Waals surface area contributed by atoms with E-state index >= 15 is 0 Å². The quantitative estimate of drug-likeness (QED) is 0.0948. The van der Waals surface area contributed by atoms with Gasteiger partial charge in [-0.05, 0) is 61.4 Å². The maximum Gasteiger partial charge on any atom is 0.322 e. The van der Waals surface area contributed by atoms with Gasteiger partial charge in [0.1, 0.15) is 10.8 Å². The molecule has 0 atom stereocenters. The van der Waals surface area contributed by atoms with Gasteiger partial charge in [0.2, 0.25) is 0 Å². The summed E-state index contributed by atoms with van der Waals surface area (Å²) in [6, 6.07) is 8.98. The molecule has 12 nitrogen and oxygen atoms in total. The maximum absolute atomic E-state index is 12.4. The molecule has 0 unspecified atom stereocenters. The molecule has 0 fully saturated rings. The van der Waals surface area contributed by atoms with Gasteiger partial charge >= 0.3 is 11.9 Å². The Morgan fingerprint density at radius 3 is 1.28 bits per heavy atom. The van der Waals surface area contributed by atoms with Gasteiger partial charge < -0.3 is 39.4 Å². The number of aliphatic hydroxyl groups is 4. The molecule has 0 aliphatic carbocycles. The fourth-order valence-corrected chi connectivity index (χ4v) is 3.22. The molecule has 2 aromatic carbocycles. The Labute approximate surface area is 248 Å². The maximum atomic E-state index is 12.4. The molecule has 4 N–H and O–H groups in total. The van der Waals surface area contributed by atoms with E-state index in [2.05, 4.69) is 0 Å². The Hall–Kier alpha value is -4.36. The van der Waals surface area contributed by atoms with Crippen molar-refractivity contribution in [2.75, 3.05) is 40.6 Å². The summed E-state index contributed by atoms with van der Waals surface area (Å²) < 4.78 is 21.0. The van der Waals surface area contributed by atoms with Crippen molar-refractivity contribution >= 4 is 35.7 Å². The highest BCUT2D eigenvalue weighted by molar-refractivity contribution is 6.10. The predicted molar refractivity (Wildman–Crippen MR) is 155 cm³/mol. The minimum absolute atomic E-state index is 0.0565. The van der Waals surface area contributed by atoms with E-state index < -0.39 is 67.2 Å². The second-order valence-electron chi connectivity index (χ2n) is 10.1. The van der Waals surface area contributed by atoms with Crippen LogP contribution in [0.3, 0.4) is 0 Å². The summed E-state index contributed by atoms with van der Waals surface area (Å²) in [5.41, 5.74) is -1.95. The molecule has 0 saturated carbocycles. The van der Waals surface area contributed by atoms with E-state index in [0.29, 0.717) is 11.1 Å². The lowest BCUT2D eigenvalue weighted by Gasteiger charge is -2.22. The zero-order valence-corrected chi connectivity index (χ0v) is 24.4. The molecule has 2 rings (SSSR count). The molecule has 2 aromatic rings. The van der Waals surface area contributed by atoms with Gasteiger partial charge in [-0.25, -0.2) is 0 Å². The van der Waals surface area contributed by atoms with Crippen LogP contribution < -0.4 is 18.9 Å². The molecule has 0 heterocycles. The molecule has 0 saturated heterocycles. The first-order chi connectivity index (χ1) is 20.4. The number of carbonyl (C=O) groups is 4. The Morgan fingerprint density at radius 1 is 0.628 bits per heavy atom. The normalized spacial score (nSPS) is 11.9. The third-order valence-corrected chi connectivity index (χ3v) is 6.43. The molecule has 0 amide bonds. The minimum Gasteiger partial charge on any atom is -0.493 e. The second kappa shape index (κ2) is 15.8. The molecular formula is C31H36O12. The lowest BCUT2D eigenvalue weighted by atomic mass is 9.93. The third kappa shape index (κ3) is 9.32. The Morgan fingerprint density at radius 2 is 0.977 bits per heavy atom. The molecule has 0 bridgehead atoms. The highest BCUT2D eigenvalue weighted by Crippen LogP contribution is 2.32. The molecule has 43 heavy (non-hydrogen) atoms. The molecule has 0 radical (unpaired) electrons. The van der Waals surface area contributed by atoms with Crippen LogP contribution in [0.15, 0.2) is 48.6 Å². The van der Waals surface area contributed by atoms with Crippen LogP contribution in [0.2, 0.25) is 0 Å². The first-order valence-corrected chi connectivity index (χ1v) is 13.0. The fraction of sp³-hybridized carbons (Fsp3) is 0.355. The number of allylic oxidation sites excluding steroid dienone is 2. The van der Waals surface area contributed by atoms with E-state index in [0.717, 1.165) is 0 Å². The lowest BCUT2D eigenvalue weighted by Crippen LogP contribution is -2.38. The van der Waals surface area contributed by atoms with E-state index in [-0.39, 0.29) is 23.0 Å². The summed E-state index contributed by atoms with van der Waals surface area (Å²) in [5.74, 6) is -2.17. The van der Waals surface area contributed by atoms with E-state index in [1.807, 2.05) is 0 Å². The SMILES string of the molecule is COc1cc(/C=C/C(=O)CC(=O)/C=C/c2ccc(OC(=O)C(C)(CO)CO)c(OC)c2)ccc1OC(=O)C(C)(CO)CO. The van der Waals surface area contributed by atoms with Crippen LogP contribution in [0, 0.1) is 10.8 Å². The van der Waals surface area contributed by atoms with Gasteiger partial charge in [0.05, 0.1) is 47.1 Å². The summed E-state index contributed by atoms with van der Waals surface area (Å²) in [6.45, 7) is 0.243. The Bertz CT molecular complexity index is 1260. The highest BCUT2D eigenvalue weighted by atomic mass is 16.6. The van der Waals surface area contributed by atoms with Crippen molar-refractivity contribution in [1.82, 2.24) is 0 Å². The third-order valence-electron chi connectivity index (χ3n) is 6.43. The van der Waals surface area contributed by atoms with E-state index in [1.165, 1.54) is 76.6 Å². The van der Waals surface area contributed by atoms with Crippen molar-refractivity contribution < 1.29 is 58.6 Å². The van der Waals surface area contributed by atoms with Crippen molar-refractivity contribution in [3.8, 4) is 23.0 Å². The average Bonchev–Trinajstić information content (AvgIpc) is 3.02. The summed E-state index contributed by atoms with van der Waals surface area (Å²) >= 11 is 0. The number of rotatable bonds is 16. The van der Waals surface area contributed by atoms with Crippen molar-refractivity contribution in [3.05, 3.63) is 59.7 Å². The molecule has 0 aromatic heterocycles. The van der Waals surface area contributed by atoms with Gasteiger partial charge in [-0.2, -0.15) is 0 Å².